The molecular formula is C21H18N2O3. The van der Waals surface area contributed by atoms with Crippen LogP contribution in [0.2, 0.25) is 0 Å². The Morgan fingerprint density at radius 1 is 0.962 bits per heavy atom. The van der Waals surface area contributed by atoms with Gasteiger partial charge < -0.3 is 18.8 Å². The van der Waals surface area contributed by atoms with Crippen molar-refractivity contribution in [1.29, 1.82) is 0 Å². The SMILES string of the molecule is c1ccc2c(OCCn3cnc4cc5c(cc43)OCCO5)cccc2c1. The molecule has 0 atom stereocenters. The van der Waals surface area contributed by atoms with Gasteiger partial charge in [-0.25, -0.2) is 4.98 Å². The van der Waals surface area contributed by atoms with Gasteiger partial charge in [0.2, 0.25) is 0 Å². The molecule has 1 aromatic heterocycles. The molecule has 2 heterocycles. The highest BCUT2D eigenvalue weighted by Crippen LogP contribution is 2.34. The average molecular weight is 346 g/mol. The first-order valence-electron chi connectivity index (χ1n) is 8.73. The first-order valence-corrected chi connectivity index (χ1v) is 8.73. The summed E-state index contributed by atoms with van der Waals surface area (Å²) in [5.74, 6) is 2.45. The van der Waals surface area contributed by atoms with Gasteiger partial charge in [-0.1, -0.05) is 36.4 Å². The van der Waals surface area contributed by atoms with Crippen LogP contribution in [0, 0.1) is 0 Å². The topological polar surface area (TPSA) is 45.5 Å². The van der Waals surface area contributed by atoms with Gasteiger partial charge in [0.15, 0.2) is 11.5 Å². The second kappa shape index (κ2) is 6.26. The predicted molar refractivity (Wildman–Crippen MR) is 100 cm³/mol. The molecule has 5 nitrogen and oxygen atoms in total. The van der Waals surface area contributed by atoms with Gasteiger partial charge in [-0.2, -0.15) is 0 Å². The van der Waals surface area contributed by atoms with Crippen molar-refractivity contribution in [3.05, 3.63) is 60.9 Å². The normalized spacial score (nSPS) is 13.2. The van der Waals surface area contributed by atoms with Crippen molar-refractivity contribution < 1.29 is 14.2 Å². The van der Waals surface area contributed by atoms with E-state index >= 15 is 0 Å². The minimum Gasteiger partial charge on any atom is -0.491 e. The quantitative estimate of drug-likeness (QED) is 0.559. The minimum atomic E-state index is 0.563. The van der Waals surface area contributed by atoms with Gasteiger partial charge in [0.05, 0.1) is 23.9 Å². The van der Waals surface area contributed by atoms with Crippen LogP contribution in [-0.2, 0) is 6.54 Å². The molecule has 0 amide bonds. The number of benzene rings is 3. The van der Waals surface area contributed by atoms with Crippen LogP contribution in [-0.4, -0.2) is 29.4 Å². The van der Waals surface area contributed by atoms with E-state index in [-0.39, 0.29) is 0 Å². The van der Waals surface area contributed by atoms with Crippen LogP contribution in [0.1, 0.15) is 0 Å². The highest BCUT2D eigenvalue weighted by atomic mass is 16.6. The van der Waals surface area contributed by atoms with Gasteiger partial charge in [0.1, 0.15) is 25.6 Å². The Balaban J connectivity index is 1.37. The Morgan fingerprint density at radius 3 is 2.69 bits per heavy atom. The van der Waals surface area contributed by atoms with E-state index < -0.39 is 0 Å². The maximum absolute atomic E-state index is 6.05. The van der Waals surface area contributed by atoms with E-state index in [1.807, 2.05) is 42.7 Å². The Hall–Kier alpha value is -3.21. The van der Waals surface area contributed by atoms with E-state index in [9.17, 15) is 0 Å². The van der Waals surface area contributed by atoms with Crippen LogP contribution < -0.4 is 14.2 Å². The van der Waals surface area contributed by atoms with Gasteiger partial charge in [-0.05, 0) is 11.5 Å². The van der Waals surface area contributed by atoms with Gasteiger partial charge in [-0.3, -0.25) is 0 Å². The summed E-state index contributed by atoms with van der Waals surface area (Å²) in [6.07, 6.45) is 1.84. The lowest BCUT2D eigenvalue weighted by molar-refractivity contribution is 0.172. The molecule has 0 fully saturated rings. The summed E-state index contributed by atoms with van der Waals surface area (Å²) in [4.78, 5) is 4.47. The van der Waals surface area contributed by atoms with Crippen LogP contribution in [0.3, 0.4) is 0 Å². The fourth-order valence-corrected chi connectivity index (χ4v) is 3.35. The number of fused-ring (bicyclic) bond motifs is 3. The molecule has 0 radical (unpaired) electrons. The zero-order valence-corrected chi connectivity index (χ0v) is 14.2. The first kappa shape index (κ1) is 15.1. The molecule has 4 aromatic rings. The third-order valence-electron chi connectivity index (χ3n) is 4.62. The molecule has 0 saturated carbocycles. The van der Waals surface area contributed by atoms with Gasteiger partial charge in [0, 0.05) is 17.5 Å². The van der Waals surface area contributed by atoms with E-state index in [4.69, 9.17) is 14.2 Å². The van der Waals surface area contributed by atoms with Crippen molar-refractivity contribution in [2.75, 3.05) is 19.8 Å². The molecule has 5 rings (SSSR count). The molecule has 130 valence electrons. The van der Waals surface area contributed by atoms with Crippen molar-refractivity contribution in [2.45, 2.75) is 6.54 Å². The maximum Gasteiger partial charge on any atom is 0.163 e. The van der Waals surface area contributed by atoms with Gasteiger partial charge in [0.25, 0.3) is 0 Å². The number of hydrogen-bond acceptors (Lipinski definition) is 4. The largest absolute Gasteiger partial charge is 0.491 e. The molecule has 1 aliphatic rings. The van der Waals surface area contributed by atoms with Crippen LogP contribution >= 0.6 is 0 Å². The summed E-state index contributed by atoms with van der Waals surface area (Å²) < 4.78 is 19.4. The fraction of sp³-hybridized carbons (Fsp3) is 0.190. The third-order valence-corrected chi connectivity index (χ3v) is 4.62. The summed E-state index contributed by atoms with van der Waals surface area (Å²) in [7, 11) is 0. The Morgan fingerprint density at radius 2 is 1.77 bits per heavy atom. The monoisotopic (exact) mass is 346 g/mol. The molecule has 1 aliphatic heterocycles. The summed E-state index contributed by atoms with van der Waals surface area (Å²) in [5.41, 5.74) is 1.93. The zero-order chi connectivity index (χ0) is 17.3. The third kappa shape index (κ3) is 2.62. The van der Waals surface area contributed by atoms with Crippen LogP contribution in [0.4, 0.5) is 0 Å². The van der Waals surface area contributed by atoms with E-state index in [1.54, 1.807) is 0 Å². The van der Waals surface area contributed by atoms with E-state index in [0.29, 0.717) is 26.4 Å². The summed E-state index contributed by atoms with van der Waals surface area (Å²) in [6.45, 7) is 2.43. The number of ether oxygens (including phenoxy) is 3. The number of imidazole rings is 1. The van der Waals surface area contributed by atoms with Crippen molar-refractivity contribution in [3.8, 4) is 17.2 Å². The van der Waals surface area contributed by atoms with Crippen molar-refractivity contribution in [1.82, 2.24) is 9.55 Å². The second-order valence-corrected chi connectivity index (χ2v) is 6.25. The Bertz CT molecular complexity index is 1080. The number of hydrogen-bond donors (Lipinski definition) is 0. The molecular weight excluding hydrogens is 328 g/mol. The molecule has 3 aromatic carbocycles. The minimum absolute atomic E-state index is 0.563. The molecule has 0 saturated heterocycles. The average Bonchev–Trinajstić information content (AvgIpc) is 3.08. The molecule has 0 aliphatic carbocycles. The van der Waals surface area contributed by atoms with Gasteiger partial charge in [-0.15, -0.1) is 0 Å². The second-order valence-electron chi connectivity index (χ2n) is 6.25. The molecule has 0 unspecified atom stereocenters. The number of nitrogens with zero attached hydrogens (tertiary/aromatic N) is 2. The molecule has 0 spiro atoms. The maximum atomic E-state index is 6.05. The molecule has 5 heteroatoms. The lowest BCUT2D eigenvalue weighted by Gasteiger charge is -2.18. The fourth-order valence-electron chi connectivity index (χ4n) is 3.35. The molecule has 0 N–H and O–H groups in total. The van der Waals surface area contributed by atoms with Crippen molar-refractivity contribution in [2.24, 2.45) is 0 Å². The highest BCUT2D eigenvalue weighted by molar-refractivity contribution is 5.88. The lowest BCUT2D eigenvalue weighted by atomic mass is 10.1. The van der Waals surface area contributed by atoms with Crippen molar-refractivity contribution >= 4 is 21.8 Å². The van der Waals surface area contributed by atoms with E-state index in [1.165, 1.54) is 5.39 Å². The lowest BCUT2D eigenvalue weighted by Crippen LogP contribution is -2.15. The van der Waals surface area contributed by atoms with E-state index in [0.717, 1.165) is 33.7 Å². The summed E-state index contributed by atoms with van der Waals surface area (Å²) in [6, 6.07) is 18.3. The van der Waals surface area contributed by atoms with Gasteiger partial charge >= 0.3 is 0 Å². The van der Waals surface area contributed by atoms with Crippen molar-refractivity contribution in [3.63, 3.8) is 0 Å². The molecule has 0 bridgehead atoms. The number of aromatic nitrogens is 2. The summed E-state index contributed by atoms with van der Waals surface area (Å²) >= 11 is 0. The Kier molecular flexibility index (Phi) is 3.63. The molecule has 26 heavy (non-hydrogen) atoms. The standard InChI is InChI=1S/C21H18N2O3/c1-2-6-16-15(4-1)5-3-7-19(16)24-9-8-23-14-22-17-12-20-21(13-18(17)23)26-11-10-25-20/h1-7,12-14H,8-11H2. The predicted octanol–water partition coefficient (Wildman–Crippen LogP) is 4.04. The Labute approximate surface area is 150 Å². The smallest absolute Gasteiger partial charge is 0.163 e. The van der Waals surface area contributed by atoms with Crippen LogP contribution in [0.5, 0.6) is 17.2 Å². The first-order chi connectivity index (χ1) is 12.9. The van der Waals surface area contributed by atoms with Crippen LogP contribution in [0.25, 0.3) is 21.8 Å². The summed E-state index contributed by atoms with van der Waals surface area (Å²) in [5, 5.41) is 2.31. The highest BCUT2D eigenvalue weighted by Gasteiger charge is 2.15. The number of rotatable bonds is 4. The van der Waals surface area contributed by atoms with E-state index in [2.05, 4.69) is 27.8 Å². The zero-order valence-electron chi connectivity index (χ0n) is 14.2. The van der Waals surface area contributed by atoms with Crippen LogP contribution in [0.15, 0.2) is 60.9 Å².